The second-order valence-corrected chi connectivity index (χ2v) is 6.74. The van der Waals surface area contributed by atoms with Crippen LogP contribution >= 0.6 is 23.8 Å². The first kappa shape index (κ1) is 18.4. The van der Waals surface area contributed by atoms with E-state index in [2.05, 4.69) is 10.3 Å². The van der Waals surface area contributed by atoms with Crippen LogP contribution in [-0.2, 0) is 17.8 Å². The highest BCUT2D eigenvalue weighted by Gasteiger charge is 2.07. The van der Waals surface area contributed by atoms with E-state index in [4.69, 9.17) is 23.8 Å². The maximum Gasteiger partial charge on any atom is 0.262 e. The number of nitrogens with one attached hydrogen (secondary N) is 2. The minimum atomic E-state index is -0.184. The lowest BCUT2D eigenvalue weighted by molar-refractivity contribution is -0.121. The zero-order valence-corrected chi connectivity index (χ0v) is 15.6. The molecule has 2 aromatic carbocycles. The molecular weight excluding hydrogens is 370 g/mol. The van der Waals surface area contributed by atoms with E-state index in [0.717, 1.165) is 5.56 Å². The molecule has 0 saturated heterocycles. The summed E-state index contributed by atoms with van der Waals surface area (Å²) in [5.41, 5.74) is 1.58. The predicted octanol–water partition coefficient (Wildman–Crippen LogP) is 3.46. The van der Waals surface area contributed by atoms with Crippen molar-refractivity contribution in [3.8, 4) is 0 Å². The van der Waals surface area contributed by atoms with Gasteiger partial charge >= 0.3 is 0 Å². The molecule has 1 aromatic heterocycles. The number of amides is 1. The molecule has 1 amide bonds. The zero-order valence-electron chi connectivity index (χ0n) is 14.0. The summed E-state index contributed by atoms with van der Waals surface area (Å²) in [5.74, 6) is -0.124. The third kappa shape index (κ3) is 4.39. The number of hydrogen-bond acceptors (Lipinski definition) is 3. The van der Waals surface area contributed by atoms with Crippen LogP contribution < -0.4 is 10.9 Å². The first-order valence-corrected chi connectivity index (χ1v) is 9.06. The second kappa shape index (κ2) is 8.29. The lowest BCUT2D eigenvalue weighted by Gasteiger charge is -2.09. The average molecular weight is 388 g/mol. The van der Waals surface area contributed by atoms with Gasteiger partial charge in [-0.25, -0.2) is 0 Å². The number of aromatic nitrogens is 2. The van der Waals surface area contributed by atoms with Crippen molar-refractivity contribution in [1.29, 1.82) is 0 Å². The molecule has 0 saturated carbocycles. The summed E-state index contributed by atoms with van der Waals surface area (Å²) in [7, 11) is 0. The molecule has 134 valence electrons. The van der Waals surface area contributed by atoms with Crippen LogP contribution in [0, 0.1) is 4.77 Å². The lowest BCUT2D eigenvalue weighted by atomic mass is 10.1. The van der Waals surface area contributed by atoms with Gasteiger partial charge in [-0.15, -0.1) is 0 Å². The summed E-state index contributed by atoms with van der Waals surface area (Å²) in [4.78, 5) is 27.6. The number of rotatable bonds is 6. The van der Waals surface area contributed by atoms with Crippen molar-refractivity contribution in [2.75, 3.05) is 6.54 Å². The van der Waals surface area contributed by atoms with Crippen LogP contribution in [-0.4, -0.2) is 22.0 Å². The monoisotopic (exact) mass is 387 g/mol. The van der Waals surface area contributed by atoms with E-state index < -0.39 is 0 Å². The Hall–Kier alpha value is -2.44. The van der Waals surface area contributed by atoms with E-state index in [0.29, 0.717) is 33.7 Å². The molecule has 0 aliphatic rings. The molecule has 0 spiro atoms. The van der Waals surface area contributed by atoms with Crippen molar-refractivity contribution in [2.24, 2.45) is 0 Å². The summed E-state index contributed by atoms with van der Waals surface area (Å²) in [5, 5.41) is 4.09. The van der Waals surface area contributed by atoms with Gasteiger partial charge in [0.25, 0.3) is 5.56 Å². The Morgan fingerprint density at radius 3 is 2.81 bits per heavy atom. The van der Waals surface area contributed by atoms with Gasteiger partial charge in [-0.2, -0.15) is 0 Å². The van der Waals surface area contributed by atoms with E-state index >= 15 is 0 Å². The fourth-order valence-electron chi connectivity index (χ4n) is 2.74. The number of nitrogens with zero attached hydrogens (tertiary/aromatic N) is 1. The minimum Gasteiger partial charge on any atom is -0.356 e. The van der Waals surface area contributed by atoms with Gasteiger partial charge in [-0.1, -0.05) is 35.9 Å². The van der Waals surface area contributed by atoms with Crippen LogP contribution in [0.4, 0.5) is 0 Å². The average Bonchev–Trinajstić information content (AvgIpc) is 2.61. The van der Waals surface area contributed by atoms with Gasteiger partial charge in [0.05, 0.1) is 10.9 Å². The molecule has 0 aliphatic carbocycles. The zero-order chi connectivity index (χ0) is 18.5. The highest BCUT2D eigenvalue weighted by molar-refractivity contribution is 7.71. The third-order valence-electron chi connectivity index (χ3n) is 4.08. The summed E-state index contributed by atoms with van der Waals surface area (Å²) < 4.78 is 1.74. The molecule has 0 unspecified atom stereocenters. The second-order valence-electron chi connectivity index (χ2n) is 5.91. The van der Waals surface area contributed by atoms with Crippen molar-refractivity contribution in [2.45, 2.75) is 19.4 Å². The van der Waals surface area contributed by atoms with Gasteiger partial charge in [0, 0.05) is 24.5 Å². The maximum absolute atomic E-state index is 12.5. The highest BCUT2D eigenvalue weighted by atomic mass is 35.5. The molecule has 0 radical (unpaired) electrons. The topological polar surface area (TPSA) is 66.9 Å². The van der Waals surface area contributed by atoms with Crippen LogP contribution in [0.2, 0.25) is 5.02 Å². The van der Waals surface area contributed by atoms with Crippen LogP contribution in [0.3, 0.4) is 0 Å². The van der Waals surface area contributed by atoms with Crippen molar-refractivity contribution in [1.82, 2.24) is 14.9 Å². The molecule has 2 N–H and O–H groups in total. The summed E-state index contributed by atoms with van der Waals surface area (Å²) in [6.45, 7) is 0.751. The Kier molecular flexibility index (Phi) is 5.85. The number of carbonyl (C=O) groups excluding carboxylic acids is 1. The Morgan fingerprint density at radius 2 is 2.00 bits per heavy atom. The molecule has 3 aromatic rings. The van der Waals surface area contributed by atoms with Crippen LogP contribution in [0.5, 0.6) is 0 Å². The number of halogens is 1. The third-order valence-corrected chi connectivity index (χ3v) is 4.63. The van der Waals surface area contributed by atoms with E-state index in [1.54, 1.807) is 18.2 Å². The van der Waals surface area contributed by atoms with Gasteiger partial charge in [0.1, 0.15) is 0 Å². The molecule has 0 aliphatic heterocycles. The number of H-pyrrole nitrogens is 1. The highest BCUT2D eigenvalue weighted by Crippen LogP contribution is 2.10. The molecule has 5 nitrogen and oxygen atoms in total. The fraction of sp³-hybridized carbons (Fsp3) is 0.211. The van der Waals surface area contributed by atoms with Crippen molar-refractivity contribution in [3.05, 3.63) is 74.2 Å². The van der Waals surface area contributed by atoms with Gasteiger partial charge < -0.3 is 10.3 Å². The van der Waals surface area contributed by atoms with Crippen molar-refractivity contribution < 1.29 is 4.79 Å². The number of carbonyl (C=O) groups is 1. The molecule has 0 bridgehead atoms. The van der Waals surface area contributed by atoms with Gasteiger partial charge in [-0.3, -0.25) is 14.2 Å². The predicted molar refractivity (Wildman–Crippen MR) is 106 cm³/mol. The molecule has 26 heavy (non-hydrogen) atoms. The Balaban J connectivity index is 1.59. The largest absolute Gasteiger partial charge is 0.356 e. The Morgan fingerprint density at radius 1 is 1.19 bits per heavy atom. The maximum atomic E-state index is 12.5. The van der Waals surface area contributed by atoms with Gasteiger partial charge in [0.2, 0.25) is 5.91 Å². The van der Waals surface area contributed by atoms with Crippen LogP contribution in [0.25, 0.3) is 10.9 Å². The number of aromatic amines is 1. The molecule has 0 atom stereocenters. The number of hydrogen-bond donors (Lipinski definition) is 2. The van der Waals surface area contributed by atoms with Gasteiger partial charge in [0.15, 0.2) is 4.77 Å². The normalized spacial score (nSPS) is 10.8. The van der Waals surface area contributed by atoms with E-state index in [9.17, 15) is 9.59 Å². The standard InChI is InChI=1S/C19H18ClN3O2S/c20-14-5-3-4-13(12-14)8-10-21-17(24)9-11-23-18(25)15-6-1-2-7-16(15)22-19(23)26/h1-7,12H,8-11H2,(H,21,24)(H,22,26). The minimum absolute atomic E-state index is 0.124. The molecule has 3 rings (SSSR count). The molecule has 0 fully saturated rings. The molecule has 1 heterocycles. The molecule has 7 heteroatoms. The van der Waals surface area contributed by atoms with E-state index in [1.807, 2.05) is 30.3 Å². The van der Waals surface area contributed by atoms with E-state index in [-0.39, 0.29) is 24.4 Å². The Bertz CT molecular complexity index is 1060. The quantitative estimate of drug-likeness (QED) is 0.636. The van der Waals surface area contributed by atoms with Crippen molar-refractivity contribution >= 4 is 40.6 Å². The van der Waals surface area contributed by atoms with Crippen LogP contribution in [0.1, 0.15) is 12.0 Å². The first-order valence-electron chi connectivity index (χ1n) is 8.27. The smallest absolute Gasteiger partial charge is 0.262 e. The SMILES string of the molecule is O=C(CCn1c(=S)[nH]c2ccccc2c1=O)NCCc1cccc(Cl)c1. The number of fused-ring (bicyclic) bond motifs is 1. The summed E-state index contributed by atoms with van der Waals surface area (Å²) >= 11 is 11.2. The van der Waals surface area contributed by atoms with E-state index in [1.165, 1.54) is 4.57 Å². The van der Waals surface area contributed by atoms with Crippen LogP contribution in [0.15, 0.2) is 53.3 Å². The summed E-state index contributed by atoms with van der Waals surface area (Å²) in [6.07, 6.45) is 0.883. The molecular formula is C19H18ClN3O2S. The lowest BCUT2D eigenvalue weighted by Crippen LogP contribution is -2.29. The first-order chi connectivity index (χ1) is 12.5. The Labute approximate surface area is 160 Å². The van der Waals surface area contributed by atoms with Gasteiger partial charge in [-0.05, 0) is 48.5 Å². The number of para-hydroxylation sites is 1. The fourth-order valence-corrected chi connectivity index (χ4v) is 3.24. The van der Waals surface area contributed by atoms with Crippen molar-refractivity contribution in [3.63, 3.8) is 0 Å². The number of benzene rings is 2. The summed E-state index contributed by atoms with van der Waals surface area (Å²) in [6, 6.07) is 14.7.